The summed E-state index contributed by atoms with van der Waals surface area (Å²) in [6, 6.07) is 0.0886. The second-order valence-corrected chi connectivity index (χ2v) is 6.07. The lowest BCUT2D eigenvalue weighted by Crippen LogP contribution is -2.38. The van der Waals surface area contributed by atoms with E-state index in [0.29, 0.717) is 12.2 Å². The molecule has 0 bridgehead atoms. The van der Waals surface area contributed by atoms with E-state index in [1.807, 2.05) is 27.7 Å². The Kier molecular flexibility index (Phi) is 5.17. The van der Waals surface area contributed by atoms with Crippen LogP contribution >= 0.6 is 0 Å². The maximum absolute atomic E-state index is 11.8. The van der Waals surface area contributed by atoms with Crippen LogP contribution in [0.4, 0.5) is 4.79 Å². The van der Waals surface area contributed by atoms with Crippen molar-refractivity contribution in [3.8, 4) is 0 Å². The van der Waals surface area contributed by atoms with Crippen LogP contribution in [-0.2, 0) is 9.53 Å². The Hall–Kier alpha value is -1.06. The molecule has 1 N–H and O–H groups in total. The van der Waals surface area contributed by atoms with E-state index in [-0.39, 0.29) is 18.1 Å². The van der Waals surface area contributed by atoms with Crippen LogP contribution in [-0.4, -0.2) is 23.5 Å². The Balaban J connectivity index is 2.34. The summed E-state index contributed by atoms with van der Waals surface area (Å²) >= 11 is 0. The molecule has 0 radical (unpaired) electrons. The first-order valence-electron chi connectivity index (χ1n) is 6.84. The third-order valence-corrected chi connectivity index (χ3v) is 3.11. The first-order valence-corrected chi connectivity index (χ1v) is 6.84. The van der Waals surface area contributed by atoms with Crippen molar-refractivity contribution in [3.63, 3.8) is 0 Å². The number of nitrogens with one attached hydrogen (secondary N) is 1. The van der Waals surface area contributed by atoms with Crippen molar-refractivity contribution < 1.29 is 14.3 Å². The van der Waals surface area contributed by atoms with Gasteiger partial charge in [-0.3, -0.25) is 4.79 Å². The van der Waals surface area contributed by atoms with Crippen LogP contribution in [0.5, 0.6) is 0 Å². The Morgan fingerprint density at radius 3 is 2.50 bits per heavy atom. The molecule has 2 unspecified atom stereocenters. The number of hydrogen-bond acceptors (Lipinski definition) is 3. The predicted molar refractivity (Wildman–Crippen MR) is 70.4 cm³/mol. The Morgan fingerprint density at radius 1 is 1.28 bits per heavy atom. The van der Waals surface area contributed by atoms with Crippen LogP contribution < -0.4 is 5.32 Å². The van der Waals surface area contributed by atoms with Gasteiger partial charge >= 0.3 is 6.09 Å². The Labute approximate surface area is 109 Å². The van der Waals surface area contributed by atoms with Gasteiger partial charge in [0.05, 0.1) is 0 Å². The average molecular weight is 255 g/mol. The third-order valence-electron chi connectivity index (χ3n) is 3.11. The zero-order valence-corrected chi connectivity index (χ0v) is 11.9. The van der Waals surface area contributed by atoms with Crippen molar-refractivity contribution in [1.82, 2.24) is 5.32 Å². The standard InChI is InChI=1S/C14H25NO3/c1-5-6-12(16)10-7-8-11(9-10)15-13(17)18-14(2,3)4/h10-11H,5-9H2,1-4H3,(H,15,17). The molecule has 1 saturated carbocycles. The minimum atomic E-state index is -0.472. The summed E-state index contributed by atoms with van der Waals surface area (Å²) < 4.78 is 5.21. The fourth-order valence-electron chi connectivity index (χ4n) is 2.33. The normalized spacial score (nSPS) is 23.8. The highest BCUT2D eigenvalue weighted by molar-refractivity contribution is 5.81. The van der Waals surface area contributed by atoms with Gasteiger partial charge in [-0.05, 0) is 46.5 Å². The molecule has 1 amide bonds. The molecule has 0 spiro atoms. The van der Waals surface area contributed by atoms with Gasteiger partial charge in [0.2, 0.25) is 0 Å². The minimum Gasteiger partial charge on any atom is -0.444 e. The molecule has 1 rings (SSSR count). The van der Waals surface area contributed by atoms with E-state index in [9.17, 15) is 9.59 Å². The van der Waals surface area contributed by atoms with Crippen molar-refractivity contribution in [2.24, 2.45) is 5.92 Å². The molecule has 0 aromatic rings. The Morgan fingerprint density at radius 2 is 1.94 bits per heavy atom. The predicted octanol–water partition coefficient (Wildman–Crippen LogP) is 3.05. The highest BCUT2D eigenvalue weighted by Gasteiger charge is 2.30. The molecular weight excluding hydrogens is 230 g/mol. The van der Waals surface area contributed by atoms with Gasteiger partial charge in [0, 0.05) is 18.4 Å². The molecule has 0 aliphatic heterocycles. The summed E-state index contributed by atoms with van der Waals surface area (Å²) in [5.74, 6) is 0.468. The molecule has 1 fully saturated rings. The number of amides is 1. The molecule has 4 heteroatoms. The summed E-state index contributed by atoms with van der Waals surface area (Å²) in [6.07, 6.45) is 3.70. The molecule has 0 aromatic heterocycles. The fraction of sp³-hybridized carbons (Fsp3) is 0.857. The zero-order valence-electron chi connectivity index (χ0n) is 11.9. The van der Waals surface area contributed by atoms with E-state index in [1.54, 1.807) is 0 Å². The fourth-order valence-corrected chi connectivity index (χ4v) is 2.33. The first-order chi connectivity index (χ1) is 8.31. The highest BCUT2D eigenvalue weighted by Crippen LogP contribution is 2.27. The molecule has 18 heavy (non-hydrogen) atoms. The van der Waals surface area contributed by atoms with Gasteiger partial charge in [-0.15, -0.1) is 0 Å². The van der Waals surface area contributed by atoms with E-state index < -0.39 is 5.60 Å². The molecule has 1 aliphatic carbocycles. The van der Waals surface area contributed by atoms with E-state index in [4.69, 9.17) is 4.74 Å². The molecule has 4 nitrogen and oxygen atoms in total. The number of hydrogen-bond donors (Lipinski definition) is 1. The summed E-state index contributed by atoms with van der Waals surface area (Å²) in [6.45, 7) is 7.54. The number of alkyl carbamates (subject to hydrolysis) is 1. The molecule has 0 heterocycles. The van der Waals surface area contributed by atoms with Gasteiger partial charge in [0.15, 0.2) is 0 Å². The van der Waals surface area contributed by atoms with Crippen molar-refractivity contribution >= 4 is 11.9 Å². The maximum Gasteiger partial charge on any atom is 0.407 e. The van der Waals surface area contributed by atoms with Crippen molar-refractivity contribution in [1.29, 1.82) is 0 Å². The summed E-state index contributed by atoms with van der Waals surface area (Å²) in [5, 5.41) is 2.85. The molecular formula is C14H25NO3. The van der Waals surface area contributed by atoms with Crippen LogP contribution in [0.1, 0.15) is 59.8 Å². The van der Waals surface area contributed by atoms with Crippen molar-refractivity contribution in [2.75, 3.05) is 0 Å². The van der Waals surface area contributed by atoms with Gasteiger partial charge in [-0.1, -0.05) is 6.92 Å². The van der Waals surface area contributed by atoms with Crippen LogP contribution in [0.2, 0.25) is 0 Å². The van der Waals surface area contributed by atoms with E-state index in [1.165, 1.54) is 0 Å². The third kappa shape index (κ3) is 5.07. The largest absolute Gasteiger partial charge is 0.444 e. The summed E-state index contributed by atoms with van der Waals surface area (Å²) in [7, 11) is 0. The van der Waals surface area contributed by atoms with Gasteiger partial charge in [0.25, 0.3) is 0 Å². The first kappa shape index (κ1) is 15.0. The van der Waals surface area contributed by atoms with Gasteiger partial charge in [-0.2, -0.15) is 0 Å². The van der Waals surface area contributed by atoms with Crippen molar-refractivity contribution in [3.05, 3.63) is 0 Å². The molecule has 0 aromatic carbocycles. The van der Waals surface area contributed by atoms with Crippen LogP contribution in [0, 0.1) is 5.92 Å². The smallest absolute Gasteiger partial charge is 0.407 e. The summed E-state index contributed by atoms with van der Waals surface area (Å²) in [5.41, 5.74) is -0.472. The van der Waals surface area contributed by atoms with E-state index >= 15 is 0 Å². The second kappa shape index (κ2) is 6.21. The van der Waals surface area contributed by atoms with Crippen LogP contribution in [0.15, 0.2) is 0 Å². The number of Topliss-reactive ketones (excluding diaryl/α,β-unsaturated/α-hetero) is 1. The number of carbonyl (C=O) groups excluding carboxylic acids is 2. The lowest BCUT2D eigenvalue weighted by molar-refractivity contribution is -0.122. The lowest BCUT2D eigenvalue weighted by atomic mass is 9.99. The van der Waals surface area contributed by atoms with Gasteiger partial charge < -0.3 is 10.1 Å². The number of carbonyl (C=O) groups is 2. The SMILES string of the molecule is CCCC(=O)C1CCC(NC(=O)OC(C)(C)C)C1. The van der Waals surface area contributed by atoms with Gasteiger partial charge in [-0.25, -0.2) is 4.79 Å². The number of rotatable bonds is 4. The van der Waals surface area contributed by atoms with E-state index in [2.05, 4.69) is 5.32 Å². The highest BCUT2D eigenvalue weighted by atomic mass is 16.6. The monoisotopic (exact) mass is 255 g/mol. The topological polar surface area (TPSA) is 55.4 Å². The van der Waals surface area contributed by atoms with Crippen molar-refractivity contribution in [2.45, 2.75) is 71.4 Å². The molecule has 1 aliphatic rings. The summed E-state index contributed by atoms with van der Waals surface area (Å²) in [4.78, 5) is 23.4. The Bertz CT molecular complexity index is 307. The maximum atomic E-state index is 11.8. The van der Waals surface area contributed by atoms with E-state index in [0.717, 1.165) is 25.7 Å². The average Bonchev–Trinajstić information content (AvgIpc) is 2.63. The number of ketones is 1. The second-order valence-electron chi connectivity index (χ2n) is 6.07. The molecule has 104 valence electrons. The zero-order chi connectivity index (χ0) is 13.8. The molecule has 0 saturated heterocycles. The quantitative estimate of drug-likeness (QED) is 0.840. The van der Waals surface area contributed by atoms with Gasteiger partial charge in [0.1, 0.15) is 11.4 Å². The van der Waals surface area contributed by atoms with Crippen LogP contribution in [0.3, 0.4) is 0 Å². The minimum absolute atomic E-state index is 0.0886. The van der Waals surface area contributed by atoms with Crippen LogP contribution in [0.25, 0.3) is 0 Å². The number of ether oxygens (including phenoxy) is 1. The molecule has 2 atom stereocenters. The lowest BCUT2D eigenvalue weighted by Gasteiger charge is -2.21.